The third-order valence-corrected chi connectivity index (χ3v) is 4.60. The molecule has 0 aliphatic rings. The first kappa shape index (κ1) is 22.0. The van der Waals surface area contributed by atoms with Gasteiger partial charge in [-0.3, -0.25) is 9.59 Å². The number of hydrogen-bond donors (Lipinski definition) is 2. The molecule has 3 rings (SSSR count). The van der Waals surface area contributed by atoms with Gasteiger partial charge in [-0.15, -0.1) is 0 Å². The SMILES string of the molecule is COc1ccc(-n2nc(C(=O)N/N=C/c3cccc(OC)c3O)c(C)c(C#N)c2=O)cc1. The van der Waals surface area contributed by atoms with E-state index in [1.807, 2.05) is 6.07 Å². The van der Waals surface area contributed by atoms with Gasteiger partial charge in [0.05, 0.1) is 26.1 Å². The van der Waals surface area contributed by atoms with Crippen molar-refractivity contribution in [1.82, 2.24) is 15.2 Å². The molecule has 0 atom stereocenters. The molecule has 0 saturated carbocycles. The fourth-order valence-corrected chi connectivity index (χ4v) is 2.87. The van der Waals surface area contributed by atoms with Crippen molar-refractivity contribution in [3.8, 4) is 29.0 Å². The van der Waals surface area contributed by atoms with E-state index in [2.05, 4.69) is 15.6 Å². The fourth-order valence-electron chi connectivity index (χ4n) is 2.87. The van der Waals surface area contributed by atoms with Gasteiger partial charge in [-0.05, 0) is 43.3 Å². The van der Waals surface area contributed by atoms with E-state index in [-0.39, 0.29) is 28.3 Å². The monoisotopic (exact) mass is 433 g/mol. The number of benzene rings is 2. The number of rotatable bonds is 6. The van der Waals surface area contributed by atoms with Gasteiger partial charge in [0.15, 0.2) is 17.2 Å². The zero-order valence-electron chi connectivity index (χ0n) is 17.5. The number of nitriles is 1. The summed E-state index contributed by atoms with van der Waals surface area (Å²) in [6.07, 6.45) is 1.23. The zero-order chi connectivity index (χ0) is 23.3. The summed E-state index contributed by atoms with van der Waals surface area (Å²) in [6.45, 7) is 1.46. The number of nitrogens with zero attached hydrogens (tertiary/aromatic N) is 4. The number of para-hydroxylation sites is 1. The molecule has 0 saturated heterocycles. The highest BCUT2D eigenvalue weighted by molar-refractivity contribution is 5.95. The Bertz CT molecular complexity index is 1290. The molecule has 0 radical (unpaired) electrons. The van der Waals surface area contributed by atoms with Crippen LogP contribution in [0, 0.1) is 18.3 Å². The first-order valence-corrected chi connectivity index (χ1v) is 9.29. The number of amides is 1. The number of phenols is 1. The van der Waals surface area contributed by atoms with E-state index in [0.29, 0.717) is 17.0 Å². The lowest BCUT2D eigenvalue weighted by Gasteiger charge is -2.11. The van der Waals surface area contributed by atoms with Gasteiger partial charge in [-0.1, -0.05) is 6.07 Å². The molecular formula is C22H19N5O5. The number of phenolic OH excluding ortho intramolecular Hbond substituents is 1. The molecule has 0 fully saturated rings. The Labute approximate surface area is 183 Å². The van der Waals surface area contributed by atoms with Crippen LogP contribution in [0.2, 0.25) is 0 Å². The second-order valence-corrected chi connectivity index (χ2v) is 6.47. The molecule has 1 aromatic heterocycles. The second-order valence-electron chi connectivity index (χ2n) is 6.47. The number of aromatic nitrogens is 2. The van der Waals surface area contributed by atoms with Crippen LogP contribution in [-0.2, 0) is 0 Å². The third-order valence-electron chi connectivity index (χ3n) is 4.60. The van der Waals surface area contributed by atoms with E-state index < -0.39 is 11.5 Å². The molecule has 1 amide bonds. The third kappa shape index (κ3) is 4.27. The first-order chi connectivity index (χ1) is 15.4. The van der Waals surface area contributed by atoms with E-state index in [1.54, 1.807) is 42.5 Å². The van der Waals surface area contributed by atoms with Gasteiger partial charge in [0.25, 0.3) is 11.5 Å². The minimum atomic E-state index is -0.736. The Hall–Kier alpha value is -4.65. The van der Waals surface area contributed by atoms with Crippen molar-refractivity contribution in [2.45, 2.75) is 6.92 Å². The van der Waals surface area contributed by atoms with E-state index in [0.717, 1.165) is 4.68 Å². The standard InChI is InChI=1S/C22H19N5O5/c1-13-17(11-23)22(30)27(15-7-9-16(31-2)10-8-15)26-19(13)21(29)25-24-12-14-5-4-6-18(32-3)20(14)28/h4-10,12,28H,1-3H3,(H,25,29)/b24-12+. The first-order valence-electron chi connectivity index (χ1n) is 9.29. The summed E-state index contributed by atoms with van der Waals surface area (Å²) in [4.78, 5) is 25.4. The maximum Gasteiger partial charge on any atom is 0.292 e. The predicted molar refractivity (Wildman–Crippen MR) is 116 cm³/mol. The summed E-state index contributed by atoms with van der Waals surface area (Å²) in [6, 6.07) is 13.0. The molecule has 3 aromatic rings. The van der Waals surface area contributed by atoms with Crippen LogP contribution < -0.4 is 20.5 Å². The van der Waals surface area contributed by atoms with Gasteiger partial charge >= 0.3 is 0 Å². The summed E-state index contributed by atoms with van der Waals surface area (Å²) < 4.78 is 11.1. The van der Waals surface area contributed by atoms with Crippen molar-refractivity contribution in [2.24, 2.45) is 5.10 Å². The van der Waals surface area contributed by atoms with Crippen LogP contribution in [0.25, 0.3) is 5.69 Å². The number of hydrogen-bond acceptors (Lipinski definition) is 8. The van der Waals surface area contributed by atoms with Crippen LogP contribution in [-0.4, -0.2) is 41.2 Å². The Morgan fingerprint density at radius 1 is 1.22 bits per heavy atom. The van der Waals surface area contributed by atoms with Crippen molar-refractivity contribution < 1.29 is 19.4 Å². The van der Waals surface area contributed by atoms with E-state index in [4.69, 9.17) is 9.47 Å². The molecule has 1 heterocycles. The Kier molecular flexibility index (Phi) is 6.50. The number of hydrazone groups is 1. The topological polar surface area (TPSA) is 139 Å². The quantitative estimate of drug-likeness (QED) is 0.447. The molecule has 2 N–H and O–H groups in total. The summed E-state index contributed by atoms with van der Waals surface area (Å²) >= 11 is 0. The van der Waals surface area contributed by atoms with Crippen molar-refractivity contribution in [2.75, 3.05) is 14.2 Å². The summed E-state index contributed by atoms with van der Waals surface area (Å²) in [7, 11) is 2.92. The number of methoxy groups -OCH3 is 2. The van der Waals surface area contributed by atoms with Crippen LogP contribution in [0.3, 0.4) is 0 Å². The molecule has 162 valence electrons. The van der Waals surface area contributed by atoms with Crippen LogP contribution in [0.15, 0.2) is 52.4 Å². The maximum absolute atomic E-state index is 12.7. The van der Waals surface area contributed by atoms with Gasteiger partial charge in [-0.25, -0.2) is 5.43 Å². The average molecular weight is 433 g/mol. The van der Waals surface area contributed by atoms with Crippen LogP contribution >= 0.6 is 0 Å². The number of ether oxygens (including phenoxy) is 2. The average Bonchev–Trinajstić information content (AvgIpc) is 2.80. The number of carbonyl (C=O) groups is 1. The zero-order valence-corrected chi connectivity index (χ0v) is 17.5. The van der Waals surface area contributed by atoms with Gasteiger partial charge in [0.2, 0.25) is 0 Å². The molecule has 0 spiro atoms. The second kappa shape index (κ2) is 9.44. The summed E-state index contributed by atoms with van der Waals surface area (Å²) in [5, 5.41) is 27.5. The van der Waals surface area contributed by atoms with Gasteiger partial charge in [0, 0.05) is 11.1 Å². The van der Waals surface area contributed by atoms with E-state index in [1.165, 1.54) is 27.4 Å². The van der Waals surface area contributed by atoms with Gasteiger partial charge in [0.1, 0.15) is 17.4 Å². The number of carbonyl (C=O) groups excluding carboxylic acids is 1. The molecule has 2 aromatic carbocycles. The normalized spacial score (nSPS) is 10.6. The number of aromatic hydroxyl groups is 1. The lowest BCUT2D eigenvalue weighted by atomic mass is 10.1. The highest BCUT2D eigenvalue weighted by atomic mass is 16.5. The Morgan fingerprint density at radius 2 is 1.94 bits per heavy atom. The fraction of sp³-hybridized carbons (Fsp3) is 0.136. The van der Waals surface area contributed by atoms with E-state index in [9.17, 15) is 20.0 Å². The molecule has 32 heavy (non-hydrogen) atoms. The van der Waals surface area contributed by atoms with E-state index >= 15 is 0 Å². The highest BCUT2D eigenvalue weighted by Crippen LogP contribution is 2.27. The van der Waals surface area contributed by atoms with Gasteiger partial charge < -0.3 is 14.6 Å². The van der Waals surface area contributed by atoms with Crippen LogP contribution in [0.1, 0.15) is 27.2 Å². The minimum absolute atomic E-state index is 0.124. The summed E-state index contributed by atoms with van der Waals surface area (Å²) in [5.74, 6) is -0.0486. The molecular weight excluding hydrogens is 414 g/mol. The smallest absolute Gasteiger partial charge is 0.292 e. The molecule has 0 aliphatic heterocycles. The Morgan fingerprint density at radius 3 is 2.56 bits per heavy atom. The molecule has 10 nitrogen and oxygen atoms in total. The molecule has 0 aliphatic carbocycles. The molecule has 0 unspecified atom stereocenters. The lowest BCUT2D eigenvalue weighted by Crippen LogP contribution is -2.31. The predicted octanol–water partition coefficient (Wildman–Crippen LogP) is 1.90. The van der Waals surface area contributed by atoms with Crippen molar-refractivity contribution >= 4 is 12.1 Å². The Balaban J connectivity index is 1.95. The van der Waals surface area contributed by atoms with Crippen molar-refractivity contribution in [1.29, 1.82) is 5.26 Å². The highest BCUT2D eigenvalue weighted by Gasteiger charge is 2.20. The minimum Gasteiger partial charge on any atom is -0.504 e. The van der Waals surface area contributed by atoms with Gasteiger partial charge in [-0.2, -0.15) is 20.1 Å². The van der Waals surface area contributed by atoms with Crippen LogP contribution in [0.5, 0.6) is 17.2 Å². The largest absolute Gasteiger partial charge is 0.504 e. The van der Waals surface area contributed by atoms with Crippen molar-refractivity contribution in [3.63, 3.8) is 0 Å². The van der Waals surface area contributed by atoms with Crippen LogP contribution in [0.4, 0.5) is 0 Å². The maximum atomic E-state index is 12.7. The molecule has 0 bridgehead atoms. The summed E-state index contributed by atoms with van der Waals surface area (Å²) in [5.41, 5.74) is 2.07. The van der Waals surface area contributed by atoms with Crippen molar-refractivity contribution in [3.05, 3.63) is 75.2 Å². The lowest BCUT2D eigenvalue weighted by molar-refractivity contribution is 0.0947. The molecule has 10 heteroatoms. The number of nitrogens with one attached hydrogen (secondary N) is 1.